The van der Waals surface area contributed by atoms with Gasteiger partial charge in [-0.05, 0) is 11.6 Å². The molecule has 1 aliphatic rings. The van der Waals surface area contributed by atoms with Crippen LogP contribution in [0, 0.1) is 0 Å². The fourth-order valence-corrected chi connectivity index (χ4v) is 3.58. The Morgan fingerprint density at radius 1 is 1.00 bits per heavy atom. The molecule has 0 radical (unpaired) electrons. The summed E-state index contributed by atoms with van der Waals surface area (Å²) in [6.07, 6.45) is 0.891. The summed E-state index contributed by atoms with van der Waals surface area (Å²) in [5, 5.41) is 4.37. The van der Waals surface area contributed by atoms with E-state index in [1.165, 1.54) is 16.0 Å². The van der Waals surface area contributed by atoms with Crippen molar-refractivity contribution in [3.8, 4) is 0 Å². The molecule has 0 fully saturated rings. The van der Waals surface area contributed by atoms with Crippen LogP contribution in [-0.2, 0) is 0 Å². The standard InChI is InChI=1S/C15H14N2S/c16-17-13-10-15(11-6-2-1-3-7-11)18-14-9-5-4-8-12(13)14/h1-9,15H,10,16H2/b17-13+. The molecule has 2 aromatic rings. The number of hydrogen-bond donors (Lipinski definition) is 1. The second-order valence-corrected chi connectivity index (χ2v) is 5.54. The third kappa shape index (κ3) is 2.02. The molecule has 0 saturated carbocycles. The topological polar surface area (TPSA) is 38.4 Å². The molecule has 0 bridgehead atoms. The number of fused-ring (bicyclic) bond motifs is 1. The van der Waals surface area contributed by atoms with Crippen molar-refractivity contribution in [2.24, 2.45) is 10.9 Å². The molecule has 3 rings (SSSR count). The zero-order valence-corrected chi connectivity index (χ0v) is 10.7. The first kappa shape index (κ1) is 11.4. The van der Waals surface area contributed by atoms with Crippen molar-refractivity contribution in [1.82, 2.24) is 0 Å². The van der Waals surface area contributed by atoms with Gasteiger partial charge in [-0.1, -0.05) is 48.5 Å². The minimum absolute atomic E-state index is 0.406. The number of rotatable bonds is 1. The van der Waals surface area contributed by atoms with Crippen LogP contribution in [0.5, 0.6) is 0 Å². The van der Waals surface area contributed by atoms with Crippen LogP contribution in [0.1, 0.15) is 22.8 Å². The van der Waals surface area contributed by atoms with Crippen LogP contribution in [0.4, 0.5) is 0 Å². The summed E-state index contributed by atoms with van der Waals surface area (Å²) >= 11 is 1.89. The van der Waals surface area contributed by atoms with Crippen LogP contribution in [-0.4, -0.2) is 5.71 Å². The monoisotopic (exact) mass is 254 g/mol. The predicted octanol–water partition coefficient (Wildman–Crippen LogP) is 3.59. The van der Waals surface area contributed by atoms with Gasteiger partial charge in [0.2, 0.25) is 0 Å². The normalized spacial score (nSPS) is 20.7. The lowest BCUT2D eigenvalue weighted by molar-refractivity contribution is 0.972. The minimum atomic E-state index is 0.406. The Bertz CT molecular complexity index is 578. The molecule has 18 heavy (non-hydrogen) atoms. The summed E-state index contributed by atoms with van der Waals surface area (Å²) in [4.78, 5) is 1.27. The lowest BCUT2D eigenvalue weighted by Crippen LogP contribution is -2.14. The van der Waals surface area contributed by atoms with Crippen molar-refractivity contribution in [3.63, 3.8) is 0 Å². The van der Waals surface area contributed by atoms with E-state index in [0.29, 0.717) is 5.25 Å². The van der Waals surface area contributed by atoms with Crippen LogP contribution in [0.25, 0.3) is 0 Å². The van der Waals surface area contributed by atoms with E-state index < -0.39 is 0 Å². The van der Waals surface area contributed by atoms with E-state index in [4.69, 9.17) is 5.84 Å². The Hall–Kier alpha value is -1.74. The highest BCUT2D eigenvalue weighted by Crippen LogP contribution is 2.44. The molecule has 0 aliphatic carbocycles. The molecule has 2 aromatic carbocycles. The highest BCUT2D eigenvalue weighted by atomic mass is 32.2. The zero-order valence-electron chi connectivity index (χ0n) is 9.91. The van der Waals surface area contributed by atoms with E-state index in [1.54, 1.807) is 0 Å². The van der Waals surface area contributed by atoms with Crippen molar-refractivity contribution in [1.29, 1.82) is 0 Å². The molecule has 0 amide bonds. The van der Waals surface area contributed by atoms with Crippen molar-refractivity contribution >= 4 is 17.5 Å². The molecule has 1 unspecified atom stereocenters. The summed E-state index contributed by atoms with van der Waals surface area (Å²) in [5.74, 6) is 5.54. The molecule has 0 saturated heterocycles. The quantitative estimate of drug-likeness (QED) is 0.624. The number of hydrazone groups is 1. The summed E-state index contributed by atoms with van der Waals surface area (Å²) in [7, 11) is 0. The number of benzene rings is 2. The molecule has 0 spiro atoms. The van der Waals surface area contributed by atoms with Gasteiger partial charge in [-0.15, -0.1) is 11.8 Å². The lowest BCUT2D eigenvalue weighted by atomic mass is 10.0. The minimum Gasteiger partial charge on any atom is -0.323 e. The van der Waals surface area contributed by atoms with Gasteiger partial charge in [0, 0.05) is 22.1 Å². The smallest absolute Gasteiger partial charge is 0.0698 e. The van der Waals surface area contributed by atoms with Crippen LogP contribution >= 0.6 is 11.8 Å². The Balaban J connectivity index is 2.00. The van der Waals surface area contributed by atoms with E-state index in [9.17, 15) is 0 Å². The second-order valence-electron chi connectivity index (χ2n) is 4.29. The highest BCUT2D eigenvalue weighted by molar-refractivity contribution is 7.99. The molecule has 2 nitrogen and oxygen atoms in total. The average Bonchev–Trinajstić information content (AvgIpc) is 2.47. The first-order chi connectivity index (χ1) is 8.88. The number of thioether (sulfide) groups is 1. The molecule has 2 N–H and O–H groups in total. The third-order valence-corrected chi connectivity index (χ3v) is 4.51. The van der Waals surface area contributed by atoms with Gasteiger partial charge in [0.15, 0.2) is 0 Å². The molecular formula is C15H14N2S. The van der Waals surface area contributed by atoms with E-state index in [1.807, 2.05) is 23.9 Å². The predicted molar refractivity (Wildman–Crippen MR) is 76.8 cm³/mol. The largest absolute Gasteiger partial charge is 0.323 e. The Morgan fingerprint density at radius 2 is 1.72 bits per heavy atom. The van der Waals surface area contributed by atoms with Gasteiger partial charge in [-0.25, -0.2) is 0 Å². The van der Waals surface area contributed by atoms with Gasteiger partial charge in [-0.2, -0.15) is 5.10 Å². The molecule has 0 aromatic heterocycles. The Morgan fingerprint density at radius 3 is 2.50 bits per heavy atom. The van der Waals surface area contributed by atoms with Crippen LogP contribution < -0.4 is 5.84 Å². The van der Waals surface area contributed by atoms with Crippen LogP contribution in [0.15, 0.2) is 64.6 Å². The maximum Gasteiger partial charge on any atom is 0.0698 e. The highest BCUT2D eigenvalue weighted by Gasteiger charge is 2.24. The van der Waals surface area contributed by atoms with E-state index in [0.717, 1.165) is 12.1 Å². The van der Waals surface area contributed by atoms with Crippen molar-refractivity contribution in [2.75, 3.05) is 0 Å². The molecule has 90 valence electrons. The van der Waals surface area contributed by atoms with Gasteiger partial charge in [0.1, 0.15) is 0 Å². The zero-order chi connectivity index (χ0) is 12.4. The lowest BCUT2D eigenvalue weighted by Gasteiger charge is -2.25. The molecular weight excluding hydrogens is 240 g/mol. The summed E-state index contributed by atoms with van der Waals surface area (Å²) in [5.41, 5.74) is 3.51. The van der Waals surface area contributed by atoms with Gasteiger partial charge < -0.3 is 5.84 Å². The first-order valence-electron chi connectivity index (χ1n) is 5.96. The number of nitrogens with two attached hydrogens (primary N) is 1. The van der Waals surface area contributed by atoms with Crippen LogP contribution in [0.2, 0.25) is 0 Å². The van der Waals surface area contributed by atoms with E-state index in [-0.39, 0.29) is 0 Å². The molecule has 1 aliphatic heterocycles. The maximum atomic E-state index is 5.54. The van der Waals surface area contributed by atoms with Crippen molar-refractivity contribution in [2.45, 2.75) is 16.6 Å². The van der Waals surface area contributed by atoms with Gasteiger partial charge in [0.05, 0.1) is 5.71 Å². The van der Waals surface area contributed by atoms with Gasteiger partial charge >= 0.3 is 0 Å². The first-order valence-corrected chi connectivity index (χ1v) is 6.84. The van der Waals surface area contributed by atoms with Gasteiger partial charge in [-0.3, -0.25) is 0 Å². The van der Waals surface area contributed by atoms with Crippen LogP contribution in [0.3, 0.4) is 0 Å². The molecule has 1 atom stereocenters. The fourth-order valence-electron chi connectivity index (χ4n) is 2.26. The Labute approximate surface area is 111 Å². The molecule has 1 heterocycles. The second kappa shape index (κ2) is 4.86. The summed E-state index contributed by atoms with van der Waals surface area (Å²) < 4.78 is 0. The van der Waals surface area contributed by atoms with E-state index >= 15 is 0 Å². The average molecular weight is 254 g/mol. The van der Waals surface area contributed by atoms with E-state index in [2.05, 4.69) is 47.6 Å². The number of hydrogen-bond acceptors (Lipinski definition) is 3. The molecule has 3 heteroatoms. The summed E-state index contributed by atoms with van der Waals surface area (Å²) in [6, 6.07) is 18.9. The third-order valence-electron chi connectivity index (χ3n) is 3.17. The SMILES string of the molecule is N/N=C1\CC(c2ccccc2)Sc2ccccc21. The van der Waals surface area contributed by atoms with Crippen molar-refractivity contribution in [3.05, 3.63) is 65.7 Å². The summed E-state index contributed by atoms with van der Waals surface area (Å²) in [6.45, 7) is 0. The van der Waals surface area contributed by atoms with Gasteiger partial charge in [0.25, 0.3) is 0 Å². The maximum absolute atomic E-state index is 5.54. The van der Waals surface area contributed by atoms with Crippen molar-refractivity contribution < 1.29 is 0 Å². The number of nitrogens with zero attached hydrogens (tertiary/aromatic N) is 1. The Kier molecular flexibility index (Phi) is 3.07. The fraction of sp³-hybridized carbons (Fsp3) is 0.133.